The normalized spacial score (nSPS) is 13.4. The van der Waals surface area contributed by atoms with E-state index in [1.807, 2.05) is 12.1 Å². The summed E-state index contributed by atoms with van der Waals surface area (Å²) in [5.74, 6) is 2.27. The molecular formula is C19H19N3OS2. The molecule has 2 aromatic heterocycles. The van der Waals surface area contributed by atoms with Crippen molar-refractivity contribution in [3.63, 3.8) is 0 Å². The second-order valence-corrected chi connectivity index (χ2v) is 8.10. The number of aromatic nitrogens is 2. The molecule has 0 amide bonds. The highest BCUT2D eigenvalue weighted by Crippen LogP contribution is 2.27. The van der Waals surface area contributed by atoms with Crippen LogP contribution in [0.5, 0.6) is 0 Å². The molecule has 0 aliphatic carbocycles. The summed E-state index contributed by atoms with van der Waals surface area (Å²) in [7, 11) is 2.12. The van der Waals surface area contributed by atoms with E-state index in [4.69, 9.17) is 0 Å². The van der Waals surface area contributed by atoms with Gasteiger partial charge >= 0.3 is 0 Å². The molecule has 0 atom stereocenters. The molecule has 0 spiro atoms. The first-order chi connectivity index (χ1) is 12.2. The zero-order valence-corrected chi connectivity index (χ0v) is 15.6. The van der Waals surface area contributed by atoms with Crippen LogP contribution in [0.2, 0.25) is 0 Å². The number of H-pyrrole nitrogens is 1. The van der Waals surface area contributed by atoms with E-state index in [0.29, 0.717) is 5.82 Å². The molecule has 0 fully saturated rings. The number of aromatic amines is 1. The maximum Gasteiger partial charge on any atom is 0.255 e. The molecule has 0 saturated heterocycles. The molecule has 25 heavy (non-hydrogen) atoms. The number of benzene rings is 1. The van der Waals surface area contributed by atoms with Crippen LogP contribution in [0.1, 0.15) is 22.4 Å². The summed E-state index contributed by atoms with van der Waals surface area (Å²) in [6.45, 7) is 1.79. The van der Waals surface area contributed by atoms with Gasteiger partial charge in [0.05, 0.1) is 5.69 Å². The minimum atomic E-state index is 0.00461. The number of thiophene rings is 1. The van der Waals surface area contributed by atoms with Gasteiger partial charge in [0.25, 0.3) is 5.56 Å². The molecule has 0 radical (unpaired) electrons. The first-order valence-electron chi connectivity index (χ1n) is 8.18. The standard InChI is InChI=1S/C19H19N3OS2/c1-22(9-14-5-6-24-10-14)8-13-3-2-4-15(7-13)18-20-17-12-25-11-16(17)19(23)21-18/h2-7,10H,8-9,11-12H2,1H3,(H,20,21,23). The van der Waals surface area contributed by atoms with Crippen molar-refractivity contribution in [2.45, 2.75) is 24.6 Å². The number of fused-ring (bicyclic) bond motifs is 1. The lowest BCUT2D eigenvalue weighted by Crippen LogP contribution is -2.17. The molecule has 1 aliphatic heterocycles. The largest absolute Gasteiger partial charge is 0.306 e. The van der Waals surface area contributed by atoms with Gasteiger partial charge in [-0.3, -0.25) is 9.69 Å². The fourth-order valence-electron chi connectivity index (χ4n) is 3.08. The molecule has 0 unspecified atom stereocenters. The third kappa shape index (κ3) is 3.71. The molecule has 4 nitrogen and oxygen atoms in total. The number of hydrogen-bond acceptors (Lipinski definition) is 5. The van der Waals surface area contributed by atoms with E-state index in [2.05, 4.69) is 50.9 Å². The van der Waals surface area contributed by atoms with Crippen molar-refractivity contribution in [3.05, 3.63) is 73.8 Å². The van der Waals surface area contributed by atoms with Crippen molar-refractivity contribution in [1.29, 1.82) is 0 Å². The minimum Gasteiger partial charge on any atom is -0.306 e. The number of rotatable bonds is 5. The monoisotopic (exact) mass is 369 g/mol. The highest BCUT2D eigenvalue weighted by atomic mass is 32.2. The molecule has 3 heterocycles. The van der Waals surface area contributed by atoms with Crippen LogP contribution < -0.4 is 5.56 Å². The summed E-state index contributed by atoms with van der Waals surface area (Å²) in [5, 5.41) is 4.29. The Kier molecular flexibility index (Phi) is 4.74. The molecule has 1 aliphatic rings. The van der Waals surface area contributed by atoms with Gasteiger partial charge in [0, 0.05) is 35.7 Å². The van der Waals surface area contributed by atoms with E-state index >= 15 is 0 Å². The van der Waals surface area contributed by atoms with Crippen molar-refractivity contribution >= 4 is 23.1 Å². The van der Waals surface area contributed by atoms with Crippen molar-refractivity contribution < 1.29 is 0 Å². The maximum absolute atomic E-state index is 12.2. The third-order valence-electron chi connectivity index (χ3n) is 4.27. The van der Waals surface area contributed by atoms with Crippen molar-refractivity contribution in [2.24, 2.45) is 0 Å². The number of nitrogens with one attached hydrogen (secondary N) is 1. The molecule has 6 heteroatoms. The molecule has 0 saturated carbocycles. The number of nitrogens with zero attached hydrogens (tertiary/aromatic N) is 2. The molecule has 4 rings (SSSR count). The Morgan fingerprint density at radius 3 is 2.92 bits per heavy atom. The van der Waals surface area contributed by atoms with Crippen LogP contribution in [0, 0.1) is 0 Å². The highest BCUT2D eigenvalue weighted by Gasteiger charge is 2.18. The lowest BCUT2D eigenvalue weighted by Gasteiger charge is -2.16. The number of thioether (sulfide) groups is 1. The van der Waals surface area contributed by atoms with Crippen LogP contribution in [-0.2, 0) is 24.6 Å². The van der Waals surface area contributed by atoms with Crippen molar-refractivity contribution in [2.75, 3.05) is 7.05 Å². The van der Waals surface area contributed by atoms with Crippen LogP contribution in [0.4, 0.5) is 0 Å². The molecular weight excluding hydrogens is 350 g/mol. The Morgan fingerprint density at radius 2 is 2.08 bits per heavy atom. The lowest BCUT2D eigenvalue weighted by molar-refractivity contribution is 0.319. The van der Waals surface area contributed by atoms with Crippen molar-refractivity contribution in [3.8, 4) is 11.4 Å². The van der Waals surface area contributed by atoms with E-state index in [-0.39, 0.29) is 5.56 Å². The first kappa shape index (κ1) is 16.6. The highest BCUT2D eigenvalue weighted by molar-refractivity contribution is 7.98. The van der Waals surface area contributed by atoms with Gasteiger partial charge in [-0.1, -0.05) is 18.2 Å². The summed E-state index contributed by atoms with van der Waals surface area (Å²) in [6.07, 6.45) is 0. The third-order valence-corrected chi connectivity index (χ3v) is 5.97. The van der Waals surface area contributed by atoms with E-state index in [0.717, 1.165) is 41.4 Å². The predicted molar refractivity (Wildman–Crippen MR) is 105 cm³/mol. The van der Waals surface area contributed by atoms with Crippen molar-refractivity contribution in [1.82, 2.24) is 14.9 Å². The fraction of sp³-hybridized carbons (Fsp3) is 0.263. The van der Waals surface area contributed by atoms with Gasteiger partial charge in [-0.2, -0.15) is 23.1 Å². The Labute approximate surface area is 154 Å². The molecule has 1 aromatic carbocycles. The second-order valence-electron chi connectivity index (χ2n) is 6.34. The Bertz CT molecular complexity index is 934. The summed E-state index contributed by atoms with van der Waals surface area (Å²) < 4.78 is 0. The van der Waals surface area contributed by atoms with Gasteiger partial charge in [0.2, 0.25) is 0 Å². The van der Waals surface area contributed by atoms with Gasteiger partial charge in [0.1, 0.15) is 5.82 Å². The average Bonchev–Trinajstić information content (AvgIpc) is 3.26. The zero-order chi connectivity index (χ0) is 17.2. The summed E-state index contributed by atoms with van der Waals surface area (Å²) >= 11 is 3.47. The summed E-state index contributed by atoms with van der Waals surface area (Å²) in [6, 6.07) is 10.4. The summed E-state index contributed by atoms with van der Waals surface area (Å²) in [4.78, 5) is 22.1. The average molecular weight is 370 g/mol. The van der Waals surface area contributed by atoms with E-state index in [1.54, 1.807) is 23.1 Å². The van der Waals surface area contributed by atoms with E-state index in [1.165, 1.54) is 11.1 Å². The Morgan fingerprint density at radius 1 is 1.20 bits per heavy atom. The predicted octanol–water partition coefficient (Wildman–Crippen LogP) is 3.88. The van der Waals surface area contributed by atoms with E-state index < -0.39 is 0 Å². The molecule has 128 valence electrons. The molecule has 0 bridgehead atoms. The smallest absolute Gasteiger partial charge is 0.255 e. The zero-order valence-electron chi connectivity index (χ0n) is 14.0. The lowest BCUT2D eigenvalue weighted by atomic mass is 10.1. The van der Waals surface area contributed by atoms with Crippen LogP contribution >= 0.6 is 23.1 Å². The van der Waals surface area contributed by atoms with Crippen LogP contribution in [0.3, 0.4) is 0 Å². The molecule has 1 N–H and O–H groups in total. The first-order valence-corrected chi connectivity index (χ1v) is 10.3. The fourth-order valence-corrected chi connectivity index (χ4v) is 4.77. The van der Waals surface area contributed by atoms with Gasteiger partial charge in [-0.05, 0) is 41.1 Å². The van der Waals surface area contributed by atoms with Gasteiger partial charge in [0.15, 0.2) is 0 Å². The van der Waals surface area contributed by atoms with Gasteiger partial charge in [-0.25, -0.2) is 4.98 Å². The van der Waals surface area contributed by atoms with Crippen LogP contribution in [0.25, 0.3) is 11.4 Å². The topological polar surface area (TPSA) is 49.0 Å². The maximum atomic E-state index is 12.2. The van der Waals surface area contributed by atoms with Crippen LogP contribution in [0.15, 0.2) is 45.9 Å². The SMILES string of the molecule is CN(Cc1ccsc1)Cc1cccc(-c2nc3c(c(=O)[nH]2)CSC3)c1. The van der Waals surface area contributed by atoms with Crippen LogP contribution in [-0.4, -0.2) is 21.9 Å². The Balaban J connectivity index is 1.55. The van der Waals surface area contributed by atoms with E-state index in [9.17, 15) is 4.79 Å². The Hall–Kier alpha value is -1.89. The second kappa shape index (κ2) is 7.15. The number of hydrogen-bond donors (Lipinski definition) is 1. The molecule has 3 aromatic rings. The van der Waals surface area contributed by atoms with Gasteiger partial charge < -0.3 is 4.98 Å². The minimum absolute atomic E-state index is 0.00461. The quantitative estimate of drug-likeness (QED) is 0.741. The van der Waals surface area contributed by atoms with Gasteiger partial charge in [-0.15, -0.1) is 0 Å². The summed E-state index contributed by atoms with van der Waals surface area (Å²) in [5.41, 5.74) is 5.30.